The third-order valence-corrected chi connectivity index (χ3v) is 2.29. The first-order valence-corrected chi connectivity index (χ1v) is 5.29. The summed E-state index contributed by atoms with van der Waals surface area (Å²) in [6, 6.07) is 5.15. The Labute approximate surface area is 114 Å². The van der Waals surface area contributed by atoms with E-state index in [2.05, 4.69) is 15.5 Å². The Hall–Kier alpha value is -2.98. The number of carboxylic acids is 1. The number of carbonyl (C=O) groups is 2. The fourth-order valence-corrected chi connectivity index (χ4v) is 1.38. The molecule has 2 N–H and O–H groups in total. The number of benzene rings is 1. The van der Waals surface area contributed by atoms with E-state index in [1.165, 1.54) is 23.5 Å². The number of carbonyl (C=O) groups excluding carboxylic acids is 1. The highest BCUT2D eigenvalue weighted by atomic mass is 19.4. The van der Waals surface area contributed by atoms with Gasteiger partial charge in [-0.15, -0.1) is 0 Å². The van der Waals surface area contributed by atoms with Crippen LogP contribution >= 0.6 is 0 Å². The Bertz CT molecular complexity index is 697. The number of anilines is 1. The van der Waals surface area contributed by atoms with E-state index in [4.69, 9.17) is 5.11 Å². The minimum Gasteiger partial charge on any atom is -0.478 e. The van der Waals surface area contributed by atoms with Gasteiger partial charge in [0.1, 0.15) is 0 Å². The number of amides is 1. The lowest BCUT2D eigenvalue weighted by molar-refractivity contribution is -0.167. The van der Waals surface area contributed by atoms with Crippen LogP contribution in [0.25, 0.3) is 5.69 Å². The third-order valence-electron chi connectivity index (χ3n) is 2.29. The maximum Gasteiger partial charge on any atom is 0.471 e. The standard InChI is InChI=1S/C10H6F3N5O3/c11-10(12,13)8(21)14-9-15-16-17-18(9)6-3-1-2-5(4-6)7(19)20/h1-4H,(H,19,20)(H,14,15,17,21). The quantitative estimate of drug-likeness (QED) is 0.870. The summed E-state index contributed by atoms with van der Waals surface area (Å²) in [5, 5.41) is 20.1. The number of tetrazole rings is 1. The molecule has 1 amide bonds. The maximum atomic E-state index is 12.2. The van der Waals surface area contributed by atoms with Gasteiger partial charge in [0.25, 0.3) is 5.95 Å². The Morgan fingerprint density at radius 2 is 2.00 bits per heavy atom. The van der Waals surface area contributed by atoms with Gasteiger partial charge in [-0.2, -0.15) is 17.9 Å². The molecule has 1 heterocycles. The minimum atomic E-state index is -5.10. The first-order chi connectivity index (χ1) is 9.79. The average Bonchev–Trinajstić information content (AvgIpc) is 2.86. The van der Waals surface area contributed by atoms with E-state index in [-0.39, 0.29) is 11.3 Å². The first-order valence-electron chi connectivity index (χ1n) is 5.29. The summed E-state index contributed by atoms with van der Waals surface area (Å²) in [5.41, 5.74) is -0.0338. The molecule has 0 bridgehead atoms. The maximum absolute atomic E-state index is 12.2. The Kier molecular flexibility index (Phi) is 3.56. The van der Waals surface area contributed by atoms with Gasteiger partial charge in [-0.3, -0.25) is 10.1 Å². The van der Waals surface area contributed by atoms with E-state index in [1.807, 2.05) is 0 Å². The number of hydrogen-bond acceptors (Lipinski definition) is 5. The number of aromatic carboxylic acids is 1. The predicted octanol–water partition coefficient (Wildman–Crippen LogP) is 0.861. The lowest BCUT2D eigenvalue weighted by Gasteiger charge is -2.08. The fourth-order valence-electron chi connectivity index (χ4n) is 1.38. The summed E-state index contributed by atoms with van der Waals surface area (Å²) in [7, 11) is 0. The second-order valence-corrected chi connectivity index (χ2v) is 3.72. The zero-order chi connectivity index (χ0) is 15.6. The number of hydrogen-bond donors (Lipinski definition) is 2. The van der Waals surface area contributed by atoms with Gasteiger partial charge in [0.15, 0.2) is 0 Å². The lowest BCUT2D eigenvalue weighted by atomic mass is 10.2. The van der Waals surface area contributed by atoms with Gasteiger partial charge < -0.3 is 5.11 Å². The van der Waals surface area contributed by atoms with Crippen LogP contribution in [0.2, 0.25) is 0 Å². The number of rotatable bonds is 3. The Balaban J connectivity index is 2.35. The second kappa shape index (κ2) is 5.19. The molecule has 0 aliphatic rings. The lowest BCUT2D eigenvalue weighted by Crippen LogP contribution is -2.31. The summed E-state index contributed by atoms with van der Waals surface area (Å²) >= 11 is 0. The number of nitrogens with zero attached hydrogens (tertiary/aromatic N) is 4. The molecule has 0 spiro atoms. The third kappa shape index (κ3) is 3.13. The largest absolute Gasteiger partial charge is 0.478 e. The van der Waals surface area contributed by atoms with Crippen molar-refractivity contribution < 1.29 is 27.9 Å². The summed E-state index contributed by atoms with van der Waals surface area (Å²) in [6.07, 6.45) is -5.10. The van der Waals surface area contributed by atoms with Gasteiger partial charge in [-0.1, -0.05) is 11.2 Å². The van der Waals surface area contributed by atoms with Crippen molar-refractivity contribution in [3.05, 3.63) is 29.8 Å². The van der Waals surface area contributed by atoms with Gasteiger partial charge in [0.2, 0.25) is 0 Å². The zero-order valence-electron chi connectivity index (χ0n) is 10.00. The van der Waals surface area contributed by atoms with Crippen LogP contribution in [0.4, 0.5) is 19.1 Å². The monoisotopic (exact) mass is 301 g/mol. The molecule has 0 unspecified atom stereocenters. The van der Waals surface area contributed by atoms with Crippen molar-refractivity contribution >= 4 is 17.8 Å². The molecule has 1 aromatic heterocycles. The van der Waals surface area contributed by atoms with Crippen LogP contribution < -0.4 is 5.32 Å². The van der Waals surface area contributed by atoms with Crippen LogP contribution in [0.3, 0.4) is 0 Å². The van der Waals surface area contributed by atoms with Gasteiger partial charge in [0.05, 0.1) is 11.3 Å². The average molecular weight is 301 g/mol. The normalized spacial score (nSPS) is 11.2. The molecule has 0 saturated heterocycles. The second-order valence-electron chi connectivity index (χ2n) is 3.72. The number of aromatic nitrogens is 4. The van der Waals surface area contributed by atoms with Crippen molar-refractivity contribution in [2.75, 3.05) is 5.32 Å². The predicted molar refractivity (Wildman–Crippen MR) is 60.8 cm³/mol. The SMILES string of the molecule is O=C(O)c1cccc(-n2nnnc2NC(=O)C(F)(F)F)c1. The summed E-state index contributed by atoms with van der Waals surface area (Å²) in [4.78, 5) is 21.7. The first kappa shape index (κ1) is 14.4. The number of carboxylic acid groups (broad SMARTS) is 1. The molecule has 110 valence electrons. The molecule has 0 radical (unpaired) electrons. The molecule has 2 aromatic rings. The van der Waals surface area contributed by atoms with Crippen LogP contribution in [-0.2, 0) is 4.79 Å². The highest BCUT2D eigenvalue weighted by molar-refractivity contribution is 5.93. The molecule has 0 fully saturated rings. The van der Waals surface area contributed by atoms with Crippen molar-refractivity contribution in [2.24, 2.45) is 0 Å². The van der Waals surface area contributed by atoms with Crippen molar-refractivity contribution in [1.82, 2.24) is 20.2 Å². The van der Waals surface area contributed by atoms with Crippen LogP contribution in [0.5, 0.6) is 0 Å². The topological polar surface area (TPSA) is 110 Å². The summed E-state index contributed by atoms with van der Waals surface area (Å²) in [6.45, 7) is 0. The Morgan fingerprint density at radius 1 is 1.29 bits per heavy atom. The van der Waals surface area contributed by atoms with E-state index in [0.29, 0.717) is 0 Å². The molecule has 21 heavy (non-hydrogen) atoms. The van der Waals surface area contributed by atoms with E-state index in [9.17, 15) is 22.8 Å². The van der Waals surface area contributed by atoms with Gasteiger partial charge in [0, 0.05) is 0 Å². The van der Waals surface area contributed by atoms with Crippen molar-refractivity contribution in [3.8, 4) is 5.69 Å². The molecule has 2 rings (SSSR count). The van der Waals surface area contributed by atoms with Crippen molar-refractivity contribution in [2.45, 2.75) is 6.18 Å². The number of nitrogens with one attached hydrogen (secondary N) is 1. The van der Waals surface area contributed by atoms with Crippen LogP contribution in [-0.4, -0.2) is 43.4 Å². The van der Waals surface area contributed by atoms with Crippen LogP contribution in [0.1, 0.15) is 10.4 Å². The summed E-state index contributed by atoms with van der Waals surface area (Å²) in [5.74, 6) is -4.06. The summed E-state index contributed by atoms with van der Waals surface area (Å²) < 4.78 is 37.3. The van der Waals surface area contributed by atoms with Crippen LogP contribution in [0, 0.1) is 0 Å². The number of halogens is 3. The molecular weight excluding hydrogens is 295 g/mol. The van der Waals surface area contributed by atoms with Gasteiger partial charge in [-0.25, -0.2) is 4.79 Å². The molecule has 0 atom stereocenters. The van der Waals surface area contributed by atoms with E-state index in [1.54, 1.807) is 0 Å². The fraction of sp³-hybridized carbons (Fsp3) is 0.100. The molecule has 0 saturated carbocycles. The zero-order valence-corrected chi connectivity index (χ0v) is 10.00. The van der Waals surface area contributed by atoms with Gasteiger partial charge in [-0.05, 0) is 28.6 Å². The number of alkyl halides is 3. The molecule has 0 aliphatic carbocycles. The van der Waals surface area contributed by atoms with E-state index in [0.717, 1.165) is 10.7 Å². The van der Waals surface area contributed by atoms with E-state index < -0.39 is 24.0 Å². The molecule has 8 nitrogen and oxygen atoms in total. The van der Waals surface area contributed by atoms with Crippen LogP contribution in [0.15, 0.2) is 24.3 Å². The van der Waals surface area contributed by atoms with E-state index >= 15 is 0 Å². The highest BCUT2D eigenvalue weighted by Crippen LogP contribution is 2.18. The molecule has 11 heteroatoms. The molecule has 1 aromatic carbocycles. The van der Waals surface area contributed by atoms with Gasteiger partial charge >= 0.3 is 18.1 Å². The van der Waals surface area contributed by atoms with Crippen molar-refractivity contribution in [3.63, 3.8) is 0 Å². The molecule has 0 aliphatic heterocycles. The smallest absolute Gasteiger partial charge is 0.471 e. The Morgan fingerprint density at radius 3 is 2.62 bits per heavy atom. The minimum absolute atomic E-state index is 0.0809. The highest BCUT2D eigenvalue weighted by Gasteiger charge is 2.39. The van der Waals surface area contributed by atoms with Crippen molar-refractivity contribution in [1.29, 1.82) is 0 Å². The molecular formula is C10H6F3N5O3.